The Morgan fingerprint density at radius 3 is 2.43 bits per heavy atom. The third-order valence-electron chi connectivity index (χ3n) is 5.52. The molecule has 7 nitrogen and oxygen atoms in total. The van der Waals surface area contributed by atoms with E-state index >= 15 is 0 Å². The number of aryl methyl sites for hydroxylation is 1. The highest BCUT2D eigenvalue weighted by atomic mass is 32.1. The SMILES string of the molecule is CNC(=O)c1c(NC(=O)c2cccc(N3C(=O)CCC3=O)c2)sc2c1CCCCC2. The van der Waals surface area contributed by atoms with Crippen molar-refractivity contribution in [2.75, 3.05) is 17.3 Å². The van der Waals surface area contributed by atoms with Crippen LogP contribution in [0.4, 0.5) is 10.7 Å². The summed E-state index contributed by atoms with van der Waals surface area (Å²) in [6.07, 6.45) is 5.36. The molecule has 1 saturated heterocycles. The molecule has 8 heteroatoms. The number of nitrogens with zero attached hydrogens (tertiary/aromatic N) is 1. The Morgan fingerprint density at radius 1 is 0.967 bits per heavy atom. The fraction of sp³-hybridized carbons (Fsp3) is 0.364. The zero-order valence-electron chi connectivity index (χ0n) is 16.7. The van der Waals surface area contributed by atoms with Gasteiger partial charge in [-0.25, -0.2) is 0 Å². The lowest BCUT2D eigenvalue weighted by molar-refractivity contribution is -0.121. The van der Waals surface area contributed by atoms with Gasteiger partial charge in [0.2, 0.25) is 11.8 Å². The second kappa shape index (κ2) is 8.39. The minimum absolute atomic E-state index is 0.186. The minimum atomic E-state index is -0.377. The van der Waals surface area contributed by atoms with Crippen LogP contribution < -0.4 is 15.5 Å². The highest BCUT2D eigenvalue weighted by molar-refractivity contribution is 7.17. The molecule has 4 amide bonds. The van der Waals surface area contributed by atoms with Crippen LogP contribution in [0.25, 0.3) is 0 Å². The van der Waals surface area contributed by atoms with E-state index in [2.05, 4.69) is 10.6 Å². The van der Waals surface area contributed by atoms with Crippen LogP contribution in [-0.4, -0.2) is 30.7 Å². The Bertz CT molecular complexity index is 1030. The number of rotatable bonds is 4. The van der Waals surface area contributed by atoms with Crippen LogP contribution in [0, 0.1) is 0 Å². The van der Waals surface area contributed by atoms with Gasteiger partial charge in [0.05, 0.1) is 11.3 Å². The van der Waals surface area contributed by atoms with Crippen molar-refractivity contribution in [2.45, 2.75) is 44.9 Å². The van der Waals surface area contributed by atoms with Crippen molar-refractivity contribution in [3.63, 3.8) is 0 Å². The standard InChI is InChI=1S/C22H23N3O4S/c1-23-21(29)19-15-8-3-2-4-9-16(15)30-22(19)24-20(28)13-6-5-7-14(12-13)25-17(26)10-11-18(25)27/h5-7,12H,2-4,8-11H2,1H3,(H,23,29)(H,24,28). The van der Waals surface area contributed by atoms with Crippen LogP contribution in [0.3, 0.4) is 0 Å². The first-order valence-corrected chi connectivity index (χ1v) is 10.9. The van der Waals surface area contributed by atoms with Crippen molar-refractivity contribution in [3.05, 3.63) is 45.8 Å². The van der Waals surface area contributed by atoms with Gasteiger partial charge in [0, 0.05) is 30.3 Å². The highest BCUT2D eigenvalue weighted by Crippen LogP contribution is 2.38. The van der Waals surface area contributed by atoms with E-state index < -0.39 is 0 Å². The monoisotopic (exact) mass is 425 g/mol. The first-order valence-electron chi connectivity index (χ1n) is 10.1. The van der Waals surface area contributed by atoms with Crippen molar-refractivity contribution in [3.8, 4) is 0 Å². The Balaban J connectivity index is 1.63. The minimum Gasteiger partial charge on any atom is -0.355 e. The average molecular weight is 426 g/mol. The molecular weight excluding hydrogens is 402 g/mol. The maximum Gasteiger partial charge on any atom is 0.256 e. The number of fused-ring (bicyclic) bond motifs is 1. The molecule has 0 unspecified atom stereocenters. The zero-order chi connectivity index (χ0) is 21.3. The molecule has 4 rings (SSSR count). The van der Waals surface area contributed by atoms with Gasteiger partial charge in [-0.15, -0.1) is 11.3 Å². The molecule has 1 aromatic heterocycles. The summed E-state index contributed by atoms with van der Waals surface area (Å²) < 4.78 is 0. The molecule has 2 N–H and O–H groups in total. The quantitative estimate of drug-likeness (QED) is 0.580. The molecule has 0 atom stereocenters. The molecule has 156 valence electrons. The fourth-order valence-electron chi connectivity index (χ4n) is 4.02. The second-order valence-corrected chi connectivity index (χ2v) is 8.58. The molecule has 2 aromatic rings. The third kappa shape index (κ3) is 3.75. The summed E-state index contributed by atoms with van der Waals surface area (Å²) in [4.78, 5) is 51.8. The van der Waals surface area contributed by atoms with E-state index in [9.17, 15) is 19.2 Å². The third-order valence-corrected chi connectivity index (χ3v) is 6.73. The van der Waals surface area contributed by atoms with Crippen molar-refractivity contribution in [2.24, 2.45) is 0 Å². The van der Waals surface area contributed by atoms with Crippen molar-refractivity contribution >= 4 is 45.7 Å². The normalized spacial score (nSPS) is 16.2. The van der Waals surface area contributed by atoms with E-state index in [1.807, 2.05) is 0 Å². The van der Waals surface area contributed by atoms with Gasteiger partial charge >= 0.3 is 0 Å². The number of imide groups is 1. The first kappa shape index (κ1) is 20.3. The summed E-state index contributed by atoms with van der Waals surface area (Å²) >= 11 is 1.46. The van der Waals surface area contributed by atoms with Crippen LogP contribution in [0.2, 0.25) is 0 Å². The van der Waals surface area contributed by atoms with Crippen LogP contribution in [0.1, 0.15) is 63.3 Å². The van der Waals surface area contributed by atoms with Gasteiger partial charge in [0.1, 0.15) is 5.00 Å². The Kier molecular flexibility index (Phi) is 5.67. The van der Waals surface area contributed by atoms with Crippen LogP contribution in [0.5, 0.6) is 0 Å². The maximum atomic E-state index is 13.0. The lowest BCUT2D eigenvalue weighted by Crippen LogP contribution is -2.28. The number of carbonyl (C=O) groups excluding carboxylic acids is 4. The molecule has 1 aliphatic heterocycles. The number of carbonyl (C=O) groups is 4. The summed E-state index contributed by atoms with van der Waals surface area (Å²) in [6.45, 7) is 0. The molecule has 2 heterocycles. The molecule has 1 aliphatic carbocycles. The van der Waals surface area contributed by atoms with E-state index in [0.29, 0.717) is 21.8 Å². The zero-order valence-corrected chi connectivity index (χ0v) is 17.6. The number of nitrogens with one attached hydrogen (secondary N) is 2. The number of hydrogen-bond acceptors (Lipinski definition) is 5. The van der Waals surface area contributed by atoms with Crippen molar-refractivity contribution < 1.29 is 19.2 Å². The van der Waals surface area contributed by atoms with Gasteiger partial charge in [-0.3, -0.25) is 24.1 Å². The highest BCUT2D eigenvalue weighted by Gasteiger charge is 2.31. The number of anilines is 2. The van der Waals surface area contributed by atoms with Gasteiger partial charge in [-0.2, -0.15) is 0 Å². The molecule has 0 radical (unpaired) electrons. The Hall–Kier alpha value is -3.00. The Morgan fingerprint density at radius 2 is 1.70 bits per heavy atom. The van der Waals surface area contributed by atoms with Crippen LogP contribution in [-0.2, 0) is 22.4 Å². The van der Waals surface area contributed by atoms with E-state index in [1.54, 1.807) is 25.2 Å². The molecule has 1 aromatic carbocycles. The number of hydrogen-bond donors (Lipinski definition) is 2. The first-order chi connectivity index (χ1) is 14.5. The van der Waals surface area contributed by atoms with Crippen molar-refractivity contribution in [1.29, 1.82) is 0 Å². The van der Waals surface area contributed by atoms with E-state index in [-0.39, 0.29) is 36.5 Å². The molecule has 0 saturated carbocycles. The number of thiophene rings is 1. The number of amides is 4. The molecular formula is C22H23N3O4S. The summed E-state index contributed by atoms with van der Waals surface area (Å²) in [5.74, 6) is -1.10. The van der Waals surface area contributed by atoms with Gasteiger partial charge in [0.15, 0.2) is 0 Å². The van der Waals surface area contributed by atoms with Gasteiger partial charge in [-0.1, -0.05) is 12.5 Å². The second-order valence-electron chi connectivity index (χ2n) is 7.48. The summed E-state index contributed by atoms with van der Waals surface area (Å²) in [5, 5.41) is 6.12. The fourth-order valence-corrected chi connectivity index (χ4v) is 5.30. The van der Waals surface area contributed by atoms with Crippen LogP contribution >= 0.6 is 11.3 Å². The molecule has 1 fully saturated rings. The van der Waals surface area contributed by atoms with E-state index in [0.717, 1.165) is 47.4 Å². The molecule has 2 aliphatic rings. The predicted octanol–water partition coefficient (Wildman–Crippen LogP) is 3.28. The lowest BCUT2D eigenvalue weighted by atomic mass is 10.0. The smallest absolute Gasteiger partial charge is 0.256 e. The molecule has 0 spiro atoms. The Labute approximate surface area is 178 Å². The summed E-state index contributed by atoms with van der Waals surface area (Å²) in [5.41, 5.74) is 2.30. The van der Waals surface area contributed by atoms with Gasteiger partial charge in [0.25, 0.3) is 11.8 Å². The maximum absolute atomic E-state index is 13.0. The van der Waals surface area contributed by atoms with Crippen LogP contribution in [0.15, 0.2) is 24.3 Å². The van der Waals surface area contributed by atoms with Gasteiger partial charge < -0.3 is 10.6 Å². The topological polar surface area (TPSA) is 95.6 Å². The van der Waals surface area contributed by atoms with Gasteiger partial charge in [-0.05, 0) is 49.4 Å². The summed E-state index contributed by atoms with van der Waals surface area (Å²) in [6, 6.07) is 6.45. The van der Waals surface area contributed by atoms with Crippen molar-refractivity contribution in [1.82, 2.24) is 5.32 Å². The molecule has 30 heavy (non-hydrogen) atoms. The summed E-state index contributed by atoms with van der Waals surface area (Å²) in [7, 11) is 1.59. The lowest BCUT2D eigenvalue weighted by Gasteiger charge is -2.15. The predicted molar refractivity (Wildman–Crippen MR) is 115 cm³/mol. The van der Waals surface area contributed by atoms with E-state index in [4.69, 9.17) is 0 Å². The largest absolute Gasteiger partial charge is 0.355 e. The number of benzene rings is 1. The van der Waals surface area contributed by atoms with E-state index in [1.165, 1.54) is 17.4 Å². The average Bonchev–Trinajstić information content (AvgIpc) is 3.16. The molecule has 0 bridgehead atoms.